The molecule has 1 rings (SSSR count). The van der Waals surface area contributed by atoms with Crippen LogP contribution in [0.1, 0.15) is 114 Å². The van der Waals surface area contributed by atoms with E-state index in [-0.39, 0.29) is 47.7 Å². The first kappa shape index (κ1) is 48.1. The zero-order chi connectivity index (χ0) is 41.3. The first-order valence-corrected chi connectivity index (χ1v) is 18.9. The molecule has 0 aliphatic heterocycles. The predicted octanol–water partition coefficient (Wildman–Crippen LogP) is 5.00. The number of aromatic nitrogens is 2. The Bertz CT molecular complexity index is 1410. The Labute approximate surface area is 321 Å². The van der Waals surface area contributed by atoms with Crippen LogP contribution < -0.4 is 32.1 Å². The van der Waals surface area contributed by atoms with E-state index in [2.05, 4.69) is 71.2 Å². The molecule has 0 aromatic carbocycles. The number of nitrogens with zero attached hydrogens (tertiary/aromatic N) is 1. The number of urea groups is 1. The summed E-state index contributed by atoms with van der Waals surface area (Å²) < 4.78 is 16.7. The van der Waals surface area contributed by atoms with Crippen molar-refractivity contribution in [3.05, 3.63) is 22.1 Å². The molecule has 1 heterocycles. The number of anilines is 1. The Morgan fingerprint density at radius 2 is 1.50 bits per heavy atom. The van der Waals surface area contributed by atoms with Gasteiger partial charge in [0.15, 0.2) is 0 Å². The quantitative estimate of drug-likeness (QED) is 0.0790. The van der Waals surface area contributed by atoms with Crippen molar-refractivity contribution in [2.75, 3.05) is 44.7 Å². The molecule has 0 fully saturated rings. The lowest BCUT2D eigenvalue weighted by molar-refractivity contribution is -0.152. The number of hydrogen-bond donors (Lipinski definition) is 7. The van der Waals surface area contributed by atoms with Gasteiger partial charge in [-0.3, -0.25) is 14.9 Å². The highest BCUT2D eigenvalue weighted by Crippen LogP contribution is 2.29. The van der Waals surface area contributed by atoms with Crippen LogP contribution in [-0.2, 0) is 19.0 Å². The van der Waals surface area contributed by atoms with Crippen molar-refractivity contribution in [1.29, 1.82) is 0 Å². The zero-order valence-electron chi connectivity index (χ0n) is 34.7. The number of amides is 5. The van der Waals surface area contributed by atoms with E-state index in [4.69, 9.17) is 19.3 Å². The van der Waals surface area contributed by atoms with Gasteiger partial charge in [-0.2, -0.15) is 4.98 Å². The second kappa shape index (κ2) is 21.8. The summed E-state index contributed by atoms with van der Waals surface area (Å²) in [6.07, 6.45) is 1.92. The van der Waals surface area contributed by atoms with Crippen molar-refractivity contribution < 1.29 is 38.5 Å². The summed E-state index contributed by atoms with van der Waals surface area (Å²) in [6, 6.07) is 0.879. The van der Waals surface area contributed by atoms with Gasteiger partial charge in [0, 0.05) is 44.4 Å². The van der Waals surface area contributed by atoms with Gasteiger partial charge >= 0.3 is 18.2 Å². The summed E-state index contributed by atoms with van der Waals surface area (Å²) in [4.78, 5) is 67.9. The van der Waals surface area contributed by atoms with Gasteiger partial charge < -0.3 is 45.6 Å². The molecule has 0 aliphatic carbocycles. The molecule has 3 unspecified atom stereocenters. The molecule has 0 radical (unpaired) electrons. The van der Waals surface area contributed by atoms with E-state index in [1.807, 2.05) is 13.8 Å². The Balaban J connectivity index is 2.41. The minimum atomic E-state index is -1.11. The van der Waals surface area contributed by atoms with E-state index < -0.39 is 41.1 Å². The smallest absolute Gasteiger partial charge is 0.407 e. The number of alkyl carbamates (subject to hydrolysis) is 2. The molecule has 0 saturated carbocycles. The third-order valence-electron chi connectivity index (χ3n) is 8.74. The Morgan fingerprint density at radius 3 is 2.13 bits per heavy atom. The van der Waals surface area contributed by atoms with Crippen LogP contribution in [0.3, 0.4) is 0 Å². The lowest BCUT2D eigenvalue weighted by Gasteiger charge is -2.33. The SMILES string of the molecule is Cc1cc(=O)nc(NC(=O)NCC(C)CC(C)(C)CCNC(=O)OC(C)(C)CC(C)OC(C)(C)C(=O)NCCC(C)CC(C)(C)CNC(=O)OCCO)[nH]1. The number of hydrogen-bond acceptors (Lipinski definition) is 10. The van der Waals surface area contributed by atoms with Crippen molar-refractivity contribution in [2.24, 2.45) is 22.7 Å². The second-order valence-corrected chi connectivity index (χ2v) is 17.3. The molecule has 1 aromatic rings. The van der Waals surface area contributed by atoms with Crippen LogP contribution in [0.5, 0.6) is 0 Å². The van der Waals surface area contributed by atoms with Crippen LogP contribution in [0.25, 0.3) is 0 Å². The number of aryl methyl sites for hydroxylation is 1. The zero-order valence-corrected chi connectivity index (χ0v) is 34.7. The van der Waals surface area contributed by atoms with Crippen molar-refractivity contribution >= 4 is 30.1 Å². The van der Waals surface area contributed by atoms with E-state index in [9.17, 15) is 24.0 Å². The second-order valence-electron chi connectivity index (χ2n) is 17.3. The van der Waals surface area contributed by atoms with Crippen LogP contribution in [0.15, 0.2) is 10.9 Å². The fraction of sp³-hybridized carbons (Fsp3) is 0.789. The normalized spacial score (nSPS) is 13.9. The largest absolute Gasteiger partial charge is 0.447 e. The minimum Gasteiger partial charge on any atom is -0.447 e. The van der Waals surface area contributed by atoms with Crippen LogP contribution >= 0.6 is 0 Å². The third kappa shape index (κ3) is 21.1. The van der Waals surface area contributed by atoms with Gasteiger partial charge in [0.25, 0.3) is 11.5 Å². The number of aliphatic hydroxyl groups excluding tert-OH is 1. The summed E-state index contributed by atoms with van der Waals surface area (Å²) in [5.41, 5.74) is -2.14. The van der Waals surface area contributed by atoms with Gasteiger partial charge in [0.1, 0.15) is 17.8 Å². The van der Waals surface area contributed by atoms with E-state index in [1.165, 1.54) is 6.07 Å². The average molecular weight is 768 g/mol. The van der Waals surface area contributed by atoms with Gasteiger partial charge in [0.2, 0.25) is 5.95 Å². The number of carbonyl (C=O) groups is 4. The first-order valence-electron chi connectivity index (χ1n) is 18.9. The Kier molecular flexibility index (Phi) is 19.5. The third-order valence-corrected chi connectivity index (χ3v) is 8.74. The first-order chi connectivity index (χ1) is 24.8. The Morgan fingerprint density at radius 1 is 0.852 bits per heavy atom. The molecule has 7 N–H and O–H groups in total. The molecule has 3 atom stereocenters. The summed E-state index contributed by atoms with van der Waals surface area (Å²) >= 11 is 0. The molecule has 5 amide bonds. The standard InChI is InChI=1S/C38H69N7O9/c1-25(20-36(7,8)24-42-33(50)52-18-17-46)13-15-39-30(48)38(11,12)53-28(4)22-37(9,10)54-34(51)40-16-14-35(5,6)21-26(2)23-41-32(49)45-31-43-27(3)19-29(47)44-31/h19,25-26,28,46H,13-18,20-24H2,1-12H3,(H,39,48)(H,40,51)(H,42,50)(H3,41,43,44,45,47,49). The maximum absolute atomic E-state index is 13.0. The number of ether oxygens (including phenoxy) is 3. The molecule has 1 aromatic heterocycles. The highest BCUT2D eigenvalue weighted by molar-refractivity contribution is 5.87. The van der Waals surface area contributed by atoms with E-state index in [0.717, 1.165) is 19.3 Å². The highest BCUT2D eigenvalue weighted by Gasteiger charge is 2.34. The number of carbonyl (C=O) groups excluding carboxylic acids is 4. The van der Waals surface area contributed by atoms with Gasteiger partial charge in [-0.05, 0) is 89.9 Å². The van der Waals surface area contributed by atoms with Crippen LogP contribution in [0.2, 0.25) is 0 Å². The maximum atomic E-state index is 13.0. The topological polar surface area (TPSA) is 222 Å². The summed E-state index contributed by atoms with van der Waals surface area (Å²) in [7, 11) is 0. The lowest BCUT2D eigenvalue weighted by Crippen LogP contribution is -2.47. The molecule has 0 aliphatic rings. The van der Waals surface area contributed by atoms with Crippen molar-refractivity contribution in [1.82, 2.24) is 31.2 Å². The average Bonchev–Trinajstić information content (AvgIpc) is 2.99. The van der Waals surface area contributed by atoms with E-state index >= 15 is 0 Å². The lowest BCUT2D eigenvalue weighted by atomic mass is 9.80. The minimum absolute atomic E-state index is 0.0440. The van der Waals surface area contributed by atoms with Gasteiger partial charge in [0.05, 0.1) is 12.7 Å². The number of nitrogens with one attached hydrogen (secondary N) is 6. The molecule has 54 heavy (non-hydrogen) atoms. The van der Waals surface area contributed by atoms with Crippen LogP contribution in [0, 0.1) is 29.6 Å². The number of H-pyrrole nitrogens is 1. The Hall–Kier alpha value is -3.92. The fourth-order valence-electron chi connectivity index (χ4n) is 6.56. The van der Waals surface area contributed by atoms with E-state index in [1.54, 1.807) is 34.6 Å². The van der Waals surface area contributed by atoms with Crippen molar-refractivity contribution in [2.45, 2.75) is 132 Å². The predicted molar refractivity (Wildman–Crippen MR) is 208 cm³/mol. The number of aromatic amines is 1. The van der Waals surface area contributed by atoms with Crippen molar-refractivity contribution in [3.8, 4) is 0 Å². The number of rotatable bonds is 23. The summed E-state index contributed by atoms with van der Waals surface area (Å²) in [5, 5.41) is 22.7. The van der Waals surface area contributed by atoms with E-state index in [0.29, 0.717) is 44.7 Å². The summed E-state index contributed by atoms with van der Waals surface area (Å²) in [6.45, 7) is 24.5. The molecule has 310 valence electrons. The molecule has 0 bridgehead atoms. The molecule has 0 spiro atoms. The molecular formula is C38H69N7O9. The van der Waals surface area contributed by atoms with Gasteiger partial charge in [-0.25, -0.2) is 14.4 Å². The highest BCUT2D eigenvalue weighted by atomic mass is 16.6. The monoisotopic (exact) mass is 768 g/mol. The molecule has 0 saturated heterocycles. The summed E-state index contributed by atoms with van der Waals surface area (Å²) in [5.74, 6) is 0.266. The van der Waals surface area contributed by atoms with Crippen molar-refractivity contribution in [3.63, 3.8) is 0 Å². The van der Waals surface area contributed by atoms with Gasteiger partial charge in [-0.15, -0.1) is 0 Å². The fourth-order valence-corrected chi connectivity index (χ4v) is 6.56. The van der Waals surface area contributed by atoms with Crippen LogP contribution in [0.4, 0.5) is 20.3 Å². The van der Waals surface area contributed by atoms with Crippen LogP contribution in [-0.4, -0.2) is 95.9 Å². The molecule has 16 nitrogen and oxygen atoms in total. The molecular weight excluding hydrogens is 698 g/mol. The number of aliphatic hydroxyl groups is 1. The molecule has 16 heteroatoms. The maximum Gasteiger partial charge on any atom is 0.407 e. The van der Waals surface area contributed by atoms with Gasteiger partial charge in [-0.1, -0.05) is 41.5 Å².